The van der Waals surface area contributed by atoms with Crippen molar-refractivity contribution in [3.05, 3.63) is 32.4 Å². The van der Waals surface area contributed by atoms with Crippen LogP contribution in [0.15, 0.2) is 10.7 Å². The second kappa shape index (κ2) is 8.66. The summed E-state index contributed by atoms with van der Waals surface area (Å²) in [5.41, 5.74) is 1.34. The molecule has 0 saturated heterocycles. The maximum atomic E-state index is 12.7. The number of nitrogens with one attached hydrogen (secondary N) is 1. The van der Waals surface area contributed by atoms with E-state index >= 15 is 0 Å². The number of anilines is 1. The summed E-state index contributed by atoms with van der Waals surface area (Å²) in [7, 11) is 1.24. The number of thiophene rings is 1. The Morgan fingerprint density at radius 3 is 2.52 bits per heavy atom. The standard InChI is InChI=1S/C17H20BrN3O5S/c1-6-26-17(24)13-8(2)12(16(23)25-5)15(27-13)20-14(22)10(4)21-9(3)11(18)7-19-21/h7,10H,6H2,1-5H3,(H,20,22). The maximum absolute atomic E-state index is 12.7. The van der Waals surface area contributed by atoms with Gasteiger partial charge in [-0.1, -0.05) is 0 Å². The number of halogens is 1. The van der Waals surface area contributed by atoms with Crippen LogP contribution < -0.4 is 5.32 Å². The van der Waals surface area contributed by atoms with E-state index in [9.17, 15) is 14.4 Å². The number of rotatable bonds is 6. The van der Waals surface area contributed by atoms with E-state index < -0.39 is 18.0 Å². The molecule has 0 bridgehead atoms. The van der Waals surface area contributed by atoms with E-state index in [0.29, 0.717) is 5.56 Å². The lowest BCUT2D eigenvalue weighted by molar-refractivity contribution is -0.119. The molecule has 0 radical (unpaired) electrons. The van der Waals surface area contributed by atoms with Gasteiger partial charge in [0.1, 0.15) is 15.9 Å². The van der Waals surface area contributed by atoms with E-state index in [1.54, 1.807) is 31.6 Å². The highest BCUT2D eigenvalue weighted by molar-refractivity contribution is 9.10. The zero-order valence-electron chi connectivity index (χ0n) is 15.6. The van der Waals surface area contributed by atoms with Gasteiger partial charge in [-0.2, -0.15) is 5.10 Å². The van der Waals surface area contributed by atoms with Gasteiger partial charge in [0.15, 0.2) is 0 Å². The lowest BCUT2D eigenvalue weighted by Crippen LogP contribution is -2.25. The summed E-state index contributed by atoms with van der Waals surface area (Å²) in [6.45, 7) is 7.02. The molecular formula is C17H20BrN3O5S. The van der Waals surface area contributed by atoms with Crippen LogP contribution in [0.2, 0.25) is 0 Å². The zero-order chi connectivity index (χ0) is 20.3. The molecule has 1 amide bonds. The highest BCUT2D eigenvalue weighted by Gasteiger charge is 2.28. The molecule has 2 heterocycles. The molecule has 0 fully saturated rings. The summed E-state index contributed by atoms with van der Waals surface area (Å²) in [5.74, 6) is -1.57. The van der Waals surface area contributed by atoms with Gasteiger partial charge in [0.25, 0.3) is 0 Å². The monoisotopic (exact) mass is 457 g/mol. The topological polar surface area (TPSA) is 99.5 Å². The Morgan fingerprint density at radius 1 is 1.33 bits per heavy atom. The van der Waals surface area contributed by atoms with Crippen LogP contribution in [0.5, 0.6) is 0 Å². The van der Waals surface area contributed by atoms with Gasteiger partial charge in [0.05, 0.1) is 35.6 Å². The number of carbonyl (C=O) groups is 3. The summed E-state index contributed by atoms with van der Waals surface area (Å²) in [6, 6.07) is -0.629. The molecule has 0 saturated carbocycles. The van der Waals surface area contributed by atoms with Crippen molar-refractivity contribution in [1.29, 1.82) is 0 Å². The van der Waals surface area contributed by atoms with Gasteiger partial charge < -0.3 is 14.8 Å². The molecule has 1 N–H and O–H groups in total. The second-order valence-electron chi connectivity index (χ2n) is 5.66. The van der Waals surface area contributed by atoms with Gasteiger partial charge in [0, 0.05) is 0 Å². The third-order valence-corrected chi connectivity index (χ3v) is 5.93. The van der Waals surface area contributed by atoms with Crippen LogP contribution in [0.1, 0.15) is 51.2 Å². The summed E-state index contributed by atoms with van der Waals surface area (Å²) in [5, 5.41) is 7.13. The van der Waals surface area contributed by atoms with Crippen molar-refractivity contribution >= 4 is 50.1 Å². The quantitative estimate of drug-likeness (QED) is 0.666. The molecule has 146 valence electrons. The van der Waals surface area contributed by atoms with Crippen LogP contribution in [0.3, 0.4) is 0 Å². The van der Waals surface area contributed by atoms with Crippen LogP contribution in [0.4, 0.5) is 5.00 Å². The van der Waals surface area contributed by atoms with Gasteiger partial charge in [-0.25, -0.2) is 9.59 Å². The number of methoxy groups -OCH3 is 1. The zero-order valence-corrected chi connectivity index (χ0v) is 18.0. The molecule has 0 aliphatic carbocycles. The molecule has 0 aliphatic heterocycles. The summed E-state index contributed by atoms with van der Waals surface area (Å²) < 4.78 is 12.2. The van der Waals surface area contributed by atoms with Gasteiger partial charge in [-0.15, -0.1) is 11.3 Å². The molecule has 10 heteroatoms. The molecule has 8 nitrogen and oxygen atoms in total. The van der Waals surface area contributed by atoms with Gasteiger partial charge >= 0.3 is 11.9 Å². The third-order valence-electron chi connectivity index (χ3n) is 3.96. The predicted octanol–water partition coefficient (Wildman–Crippen LogP) is 3.49. The highest BCUT2D eigenvalue weighted by Crippen LogP contribution is 2.35. The Balaban J connectivity index is 2.37. The van der Waals surface area contributed by atoms with E-state index in [1.165, 1.54) is 7.11 Å². The number of hydrogen-bond donors (Lipinski definition) is 1. The van der Waals surface area contributed by atoms with Crippen LogP contribution >= 0.6 is 27.3 Å². The van der Waals surface area contributed by atoms with Crippen molar-refractivity contribution in [3.8, 4) is 0 Å². The Bertz CT molecular complexity index is 890. The number of ether oxygens (including phenoxy) is 2. The number of amides is 1. The Kier molecular flexibility index (Phi) is 6.77. The minimum atomic E-state index is -0.639. The fraction of sp³-hybridized carbons (Fsp3) is 0.412. The molecule has 0 aromatic carbocycles. The Hall–Kier alpha value is -2.20. The largest absolute Gasteiger partial charge is 0.465 e. The average molecular weight is 458 g/mol. The summed E-state index contributed by atoms with van der Waals surface area (Å²) in [6.07, 6.45) is 1.60. The first-order valence-electron chi connectivity index (χ1n) is 8.12. The smallest absolute Gasteiger partial charge is 0.348 e. The van der Waals surface area contributed by atoms with Crippen LogP contribution in [-0.2, 0) is 14.3 Å². The molecule has 2 aromatic heterocycles. The van der Waals surface area contributed by atoms with Crippen molar-refractivity contribution in [3.63, 3.8) is 0 Å². The molecule has 2 aromatic rings. The maximum Gasteiger partial charge on any atom is 0.348 e. The van der Waals surface area contributed by atoms with E-state index in [4.69, 9.17) is 9.47 Å². The highest BCUT2D eigenvalue weighted by atomic mass is 79.9. The van der Waals surface area contributed by atoms with Gasteiger partial charge in [-0.05, 0) is 49.2 Å². The number of nitrogens with zero attached hydrogens (tertiary/aromatic N) is 2. The molecule has 2 rings (SSSR count). The first-order chi connectivity index (χ1) is 12.7. The predicted molar refractivity (Wildman–Crippen MR) is 104 cm³/mol. The lowest BCUT2D eigenvalue weighted by Gasteiger charge is -2.14. The Morgan fingerprint density at radius 2 is 2.00 bits per heavy atom. The van der Waals surface area contributed by atoms with Crippen LogP contribution in [0.25, 0.3) is 0 Å². The number of carbonyl (C=O) groups excluding carboxylic acids is 3. The van der Waals surface area contributed by atoms with Crippen molar-refractivity contribution < 1.29 is 23.9 Å². The van der Waals surface area contributed by atoms with E-state index in [-0.39, 0.29) is 28.0 Å². The van der Waals surface area contributed by atoms with E-state index in [0.717, 1.165) is 21.5 Å². The molecule has 27 heavy (non-hydrogen) atoms. The third kappa shape index (κ3) is 4.22. The van der Waals surface area contributed by atoms with E-state index in [2.05, 4.69) is 26.3 Å². The molecule has 1 unspecified atom stereocenters. The number of aromatic nitrogens is 2. The number of esters is 2. The molecule has 1 atom stereocenters. The van der Waals surface area contributed by atoms with Gasteiger partial charge in [-0.3, -0.25) is 9.48 Å². The summed E-state index contributed by atoms with van der Waals surface area (Å²) >= 11 is 4.34. The fourth-order valence-electron chi connectivity index (χ4n) is 2.46. The summed E-state index contributed by atoms with van der Waals surface area (Å²) in [4.78, 5) is 37.3. The SMILES string of the molecule is CCOC(=O)c1sc(NC(=O)C(C)n2ncc(Br)c2C)c(C(=O)OC)c1C. The van der Waals surface area contributed by atoms with Gasteiger partial charge in [0.2, 0.25) is 5.91 Å². The minimum Gasteiger partial charge on any atom is -0.465 e. The van der Waals surface area contributed by atoms with Crippen molar-refractivity contribution in [2.75, 3.05) is 19.0 Å². The normalized spacial score (nSPS) is 11.8. The van der Waals surface area contributed by atoms with Crippen LogP contribution in [0, 0.1) is 13.8 Å². The van der Waals surface area contributed by atoms with Crippen LogP contribution in [-0.4, -0.2) is 41.3 Å². The van der Waals surface area contributed by atoms with E-state index in [1.807, 2.05) is 6.92 Å². The average Bonchev–Trinajstić information content (AvgIpc) is 3.13. The molecular weight excluding hydrogens is 438 g/mol. The Labute approximate surface area is 169 Å². The first kappa shape index (κ1) is 21.1. The molecule has 0 spiro atoms. The second-order valence-corrected chi connectivity index (χ2v) is 7.54. The molecule has 0 aliphatic rings. The number of hydrogen-bond acceptors (Lipinski definition) is 7. The van der Waals surface area contributed by atoms with Crippen molar-refractivity contribution in [2.24, 2.45) is 0 Å². The van der Waals surface area contributed by atoms with Crippen molar-refractivity contribution in [2.45, 2.75) is 33.7 Å². The fourth-order valence-corrected chi connectivity index (χ4v) is 3.83. The lowest BCUT2D eigenvalue weighted by atomic mass is 10.1. The first-order valence-corrected chi connectivity index (χ1v) is 9.73. The van der Waals surface area contributed by atoms with Crippen molar-refractivity contribution in [1.82, 2.24) is 9.78 Å². The minimum absolute atomic E-state index is 0.143.